The predicted octanol–water partition coefficient (Wildman–Crippen LogP) is 21.5. The average molecular weight is 1470 g/mol. The molecule has 0 aromatic carbocycles. The summed E-state index contributed by atoms with van der Waals surface area (Å²) in [7, 11) is -8.87. The number of carbonyl (C=O) groups is 1. The standard InChI is InChI=1S/C23H36NO3Si.C23H37NO3Si.C23H35NOSi.C19H26OSi/c1-10-16-17-14-12-11-13-15-18(17)19-20(16)28(8,9,23(5,6)7)27-26-21(19)24(25)22(2,3)4;1-10-16-17-14-12-11-13-15-18(17)19(20(16)28(8,9)23(5,6)7)21(27-26)24(25)22(2,3)4;1-10-17-18-14-12-11-13-15-19(18)20(16-24(25)22(2,3)4)21(17)26(8,9)23(5,6)7;1-7-14-15-11-9-8-10-12-16(15)17(13-20)18(14)21(5,6)19(2,3)4/h11-15,21,25H,10H2,1-9H3;11-15,21,25-26H,10H2,1-9H3;11-16H,10H2,1-9H3;8-13H,7H2,1-6H3/q-1;;;/p-1/b;;24-16-;. The van der Waals surface area contributed by atoms with Crippen molar-refractivity contribution in [3.63, 3.8) is 0 Å². The van der Waals surface area contributed by atoms with Gasteiger partial charge in [-0.25, -0.2) is 4.74 Å². The van der Waals surface area contributed by atoms with E-state index < -0.39 is 60.9 Å². The Balaban J connectivity index is 0.000000217. The van der Waals surface area contributed by atoms with Crippen molar-refractivity contribution in [2.75, 3.05) is 0 Å². The van der Waals surface area contributed by atoms with E-state index in [1.807, 2.05) is 111 Å². The van der Waals surface area contributed by atoms with Gasteiger partial charge in [-0.05, 0) is 121 Å². The summed E-state index contributed by atoms with van der Waals surface area (Å²) in [6, 6.07) is 41.7. The van der Waals surface area contributed by atoms with Gasteiger partial charge in [-0.3, -0.25) is 4.79 Å². The molecule has 2 unspecified atom stereocenters. The second kappa shape index (κ2) is 31.0. The second-order valence-electron chi connectivity index (χ2n) is 38.3. The Morgan fingerprint density at radius 2 is 0.825 bits per heavy atom. The third-order valence-corrected chi connectivity index (χ3v) is 48.2. The molecule has 0 aromatic heterocycles. The molecule has 103 heavy (non-hydrogen) atoms. The third-order valence-electron chi connectivity index (χ3n) is 24.5. The van der Waals surface area contributed by atoms with Crippen molar-refractivity contribution in [2.24, 2.45) is 0 Å². The molecule has 11 nitrogen and oxygen atoms in total. The Hall–Kier alpha value is -5.51. The van der Waals surface area contributed by atoms with Crippen molar-refractivity contribution >= 4 is 65.1 Å². The van der Waals surface area contributed by atoms with Crippen LogP contribution in [0.15, 0.2) is 121 Å². The summed E-state index contributed by atoms with van der Waals surface area (Å²) < 4.78 is 7.55. The first kappa shape index (κ1) is 86.4. The van der Waals surface area contributed by atoms with Crippen molar-refractivity contribution in [1.29, 1.82) is 0 Å². The van der Waals surface area contributed by atoms with Crippen molar-refractivity contribution in [3.05, 3.63) is 171 Å². The first-order valence-electron chi connectivity index (χ1n) is 37.8. The van der Waals surface area contributed by atoms with Crippen molar-refractivity contribution < 1.29 is 39.6 Å². The number of rotatable bonds is 13. The van der Waals surface area contributed by atoms with E-state index in [1.54, 1.807) is 0 Å². The summed E-state index contributed by atoms with van der Waals surface area (Å²) in [4.78, 5) is 22.7. The fraction of sp³-hybridized carbons (Fsp3) is 0.523. The monoisotopic (exact) mass is 1470 g/mol. The van der Waals surface area contributed by atoms with E-state index in [0.29, 0.717) is 0 Å². The van der Waals surface area contributed by atoms with E-state index in [1.165, 1.54) is 70.3 Å². The molecule has 0 spiro atoms. The van der Waals surface area contributed by atoms with Gasteiger partial charge in [0.2, 0.25) is 0 Å². The van der Waals surface area contributed by atoms with Gasteiger partial charge in [0.05, 0.1) is 24.2 Å². The summed E-state index contributed by atoms with van der Waals surface area (Å²) >= 11 is 0. The van der Waals surface area contributed by atoms with Gasteiger partial charge in [-0.15, -0.1) is 0 Å². The van der Waals surface area contributed by atoms with Crippen LogP contribution in [0.5, 0.6) is 0 Å². The maximum atomic E-state index is 12.9. The quantitative estimate of drug-likeness (QED) is 0.0168. The number of fused-ring (bicyclic) bond motifs is 6. The molecule has 566 valence electrons. The van der Waals surface area contributed by atoms with Crippen LogP contribution in [0.3, 0.4) is 0 Å². The molecule has 9 aliphatic rings. The van der Waals surface area contributed by atoms with E-state index in [4.69, 9.17) is 14.4 Å². The second-order valence-corrected chi connectivity index (χ2v) is 60.7. The normalized spacial score (nSPS) is 16.5. The number of hydrogen-bond donors (Lipinski definition) is 2. The fourth-order valence-electron chi connectivity index (χ4n) is 14.4. The molecule has 0 saturated heterocycles. The summed E-state index contributed by atoms with van der Waals surface area (Å²) in [5, 5.41) is 55.0. The van der Waals surface area contributed by atoms with Crippen molar-refractivity contribution in [2.45, 2.75) is 300 Å². The van der Waals surface area contributed by atoms with Gasteiger partial charge in [0.15, 0.2) is 18.0 Å². The van der Waals surface area contributed by atoms with Crippen LogP contribution < -0.4 is 26.0 Å². The van der Waals surface area contributed by atoms with E-state index >= 15 is 0 Å². The minimum absolute atomic E-state index is 0.0771. The van der Waals surface area contributed by atoms with Crippen LogP contribution in [0.2, 0.25) is 72.5 Å². The summed E-state index contributed by atoms with van der Waals surface area (Å²) in [5.74, 6) is 0. The Labute approximate surface area is 626 Å². The van der Waals surface area contributed by atoms with Crippen LogP contribution in [0.1, 0.15) is 235 Å². The van der Waals surface area contributed by atoms with Crippen LogP contribution in [-0.2, 0) is 40.0 Å². The zero-order valence-corrected chi connectivity index (χ0v) is 73.9. The topological polar surface area (TPSA) is 141 Å². The number of nitrogens with zero attached hydrogens (tertiary/aromatic N) is 3. The zero-order valence-electron chi connectivity index (χ0n) is 69.9. The van der Waals surface area contributed by atoms with E-state index in [2.05, 4.69) is 242 Å². The molecule has 0 saturated carbocycles. The van der Waals surface area contributed by atoms with Crippen LogP contribution in [0.25, 0.3) is 44.5 Å². The summed E-state index contributed by atoms with van der Waals surface area (Å²) in [6.45, 7) is 72.7. The third kappa shape index (κ3) is 16.5. The van der Waals surface area contributed by atoms with Gasteiger partial charge >= 0.3 is 170 Å². The molecule has 8 aliphatic carbocycles. The van der Waals surface area contributed by atoms with E-state index in [-0.39, 0.29) is 20.2 Å². The van der Waals surface area contributed by atoms with Crippen molar-refractivity contribution in [1.82, 2.24) is 10.1 Å². The SMILES string of the molecule is CCc1c2cccccc-2c(/C=[N+](\[O-])C(C)(C)C)c1[Si](C)(C)C(C)(C)C.CCc1c2cccccc-2c(C(O[O-])N(O)C(C)(C)C)c1[Si](C)(C)C(C)(C)C.CCc1c2cccccc-2c(C=O)c1[Si](C)(C)C(C)(C)C.CCc1c2cccccc-2c2c1[Si-](C)(C)(C(C)(C)C)OOC2N(O)C(C)(C)C. The molecular weight excluding hydrogens is 1340 g/mol. The summed E-state index contributed by atoms with van der Waals surface area (Å²) in [6.07, 6.45) is 4.97. The van der Waals surface area contributed by atoms with Crippen LogP contribution in [0.4, 0.5) is 0 Å². The van der Waals surface area contributed by atoms with E-state index in [0.717, 1.165) is 86.3 Å². The molecule has 0 aromatic rings. The first-order chi connectivity index (χ1) is 47.1. The number of carbonyl (C=O) groups excluding carboxylic acids is 1. The van der Waals surface area contributed by atoms with Gasteiger partial charge in [-0.1, -0.05) is 213 Å². The Bertz CT molecular complexity index is 4120. The molecular formula is C88H133N3O8Si4-2. The van der Waals surface area contributed by atoms with Gasteiger partial charge in [-0.2, -0.15) is 5.06 Å². The molecule has 1 heterocycles. The van der Waals surface area contributed by atoms with Crippen LogP contribution >= 0.6 is 0 Å². The number of aldehydes is 1. The van der Waals surface area contributed by atoms with E-state index in [9.17, 15) is 25.7 Å². The molecule has 2 atom stereocenters. The molecule has 9 rings (SSSR count). The number of hydrogen-bond acceptors (Lipinski definition) is 10. The molecule has 2 N–H and O–H groups in total. The van der Waals surface area contributed by atoms with Gasteiger partial charge in [0, 0.05) is 43.0 Å². The first-order valence-corrected chi connectivity index (χ1v) is 50.2. The average Bonchev–Trinajstić information content (AvgIpc) is 1.59. The van der Waals surface area contributed by atoms with Crippen LogP contribution in [-0.4, -0.2) is 86.2 Å². The number of hydroxylamine groups is 5. The molecule has 1 aliphatic heterocycles. The Kier molecular flexibility index (Phi) is 26.0. The molecule has 0 bridgehead atoms. The predicted molar refractivity (Wildman–Crippen MR) is 447 cm³/mol. The summed E-state index contributed by atoms with van der Waals surface area (Å²) in [5.41, 5.74) is 17.2. The Morgan fingerprint density at radius 1 is 0.495 bits per heavy atom. The van der Waals surface area contributed by atoms with Crippen LogP contribution in [0, 0.1) is 5.21 Å². The Morgan fingerprint density at radius 3 is 1.17 bits per heavy atom. The molecule has 15 heteroatoms. The zero-order chi connectivity index (χ0) is 78.4. The minimum atomic E-state index is -3.26. The van der Waals surface area contributed by atoms with Gasteiger partial charge in [0.1, 0.15) is 6.23 Å². The van der Waals surface area contributed by atoms with Gasteiger partial charge in [0.25, 0.3) is 0 Å². The fourth-order valence-corrected chi connectivity index (χ4v) is 26.2. The maximum absolute atomic E-state index is 12.9. The molecule has 0 radical (unpaired) electrons. The van der Waals surface area contributed by atoms with Crippen molar-refractivity contribution in [3.8, 4) is 44.5 Å². The molecule has 0 fully saturated rings. The van der Waals surface area contributed by atoms with Gasteiger partial charge < -0.3 is 20.6 Å². The molecule has 0 amide bonds.